The molecule has 1 fully saturated rings. The van der Waals surface area contributed by atoms with E-state index in [1.165, 1.54) is 25.4 Å². The molecular weight excluding hydrogens is 256 g/mol. The minimum absolute atomic E-state index is 0.972. The minimum atomic E-state index is 0.972. The Morgan fingerprint density at radius 2 is 1.79 bits per heavy atom. The molecule has 108 valence electrons. The molecule has 3 nitrogen and oxygen atoms in total. The van der Waals surface area contributed by atoms with Gasteiger partial charge >= 0.3 is 0 Å². The van der Waals surface area contributed by atoms with Gasteiger partial charge in [0.1, 0.15) is 11.5 Å². The van der Waals surface area contributed by atoms with Gasteiger partial charge in [0.15, 0.2) is 0 Å². The second kappa shape index (κ2) is 7.98. The predicted octanol–water partition coefficient (Wildman–Crippen LogP) is 2.71. The summed E-state index contributed by atoms with van der Waals surface area (Å²) < 4.78 is 5.86. The maximum atomic E-state index is 5.86. The van der Waals surface area contributed by atoms with Crippen LogP contribution in [0.15, 0.2) is 16.5 Å². The summed E-state index contributed by atoms with van der Waals surface area (Å²) in [5.41, 5.74) is 0. The van der Waals surface area contributed by atoms with Gasteiger partial charge in [-0.1, -0.05) is 6.92 Å². The van der Waals surface area contributed by atoms with Crippen LogP contribution in [0.25, 0.3) is 0 Å². The number of thioether (sulfide) groups is 1. The topological polar surface area (TPSA) is 19.6 Å². The summed E-state index contributed by atoms with van der Waals surface area (Å²) in [5.74, 6) is 3.51. The largest absolute Gasteiger partial charge is 0.465 e. The predicted molar refractivity (Wildman–Crippen MR) is 82.8 cm³/mol. The normalized spacial score (nSPS) is 18.0. The van der Waals surface area contributed by atoms with E-state index in [0.29, 0.717) is 0 Å². The van der Waals surface area contributed by atoms with Crippen molar-refractivity contribution in [2.75, 3.05) is 44.7 Å². The highest BCUT2D eigenvalue weighted by atomic mass is 32.2. The zero-order chi connectivity index (χ0) is 13.5. The molecule has 0 N–H and O–H groups in total. The maximum absolute atomic E-state index is 5.86. The van der Waals surface area contributed by atoms with E-state index in [2.05, 4.69) is 35.1 Å². The van der Waals surface area contributed by atoms with Crippen molar-refractivity contribution in [1.29, 1.82) is 0 Å². The molecule has 0 amide bonds. The molecule has 0 atom stereocenters. The highest BCUT2D eigenvalue weighted by Crippen LogP contribution is 2.13. The fourth-order valence-corrected chi connectivity index (χ4v) is 2.94. The van der Waals surface area contributed by atoms with Crippen LogP contribution in [0.1, 0.15) is 24.9 Å². The second-order valence-corrected chi connectivity index (χ2v) is 6.21. The summed E-state index contributed by atoms with van der Waals surface area (Å²) >= 11 is 1.94. The van der Waals surface area contributed by atoms with Crippen molar-refractivity contribution in [2.45, 2.75) is 26.3 Å². The highest BCUT2D eigenvalue weighted by molar-refractivity contribution is 7.98. The number of hydrogen-bond acceptors (Lipinski definition) is 4. The molecule has 4 heteroatoms. The molecule has 1 aliphatic rings. The van der Waals surface area contributed by atoms with Crippen LogP contribution in [-0.2, 0) is 13.0 Å². The van der Waals surface area contributed by atoms with E-state index in [4.69, 9.17) is 4.42 Å². The molecule has 1 aromatic rings. The average Bonchev–Trinajstić information content (AvgIpc) is 2.86. The molecule has 1 aromatic heterocycles. The third-order valence-electron chi connectivity index (χ3n) is 3.67. The molecule has 0 aliphatic carbocycles. The van der Waals surface area contributed by atoms with Gasteiger partial charge in [-0.05, 0) is 24.8 Å². The third kappa shape index (κ3) is 4.86. The van der Waals surface area contributed by atoms with Crippen LogP contribution < -0.4 is 0 Å². The Kier molecular flexibility index (Phi) is 6.28. The van der Waals surface area contributed by atoms with Gasteiger partial charge in [-0.2, -0.15) is 11.8 Å². The highest BCUT2D eigenvalue weighted by Gasteiger charge is 2.17. The van der Waals surface area contributed by atoms with Crippen molar-refractivity contribution in [3.05, 3.63) is 23.7 Å². The Bertz CT molecular complexity index is 359. The van der Waals surface area contributed by atoms with Gasteiger partial charge in [0.05, 0.1) is 6.54 Å². The van der Waals surface area contributed by atoms with Crippen LogP contribution in [0.3, 0.4) is 0 Å². The molecule has 1 aliphatic heterocycles. The van der Waals surface area contributed by atoms with Crippen LogP contribution in [0.2, 0.25) is 0 Å². The molecule has 0 bridgehead atoms. The SMILES string of the molecule is CCCc1ccc(CN2CCN(CCSC)CC2)o1. The van der Waals surface area contributed by atoms with Crippen LogP contribution in [0.4, 0.5) is 0 Å². The lowest BCUT2D eigenvalue weighted by Gasteiger charge is -2.34. The molecule has 2 heterocycles. The molecule has 19 heavy (non-hydrogen) atoms. The van der Waals surface area contributed by atoms with Crippen molar-refractivity contribution in [1.82, 2.24) is 9.80 Å². The van der Waals surface area contributed by atoms with Gasteiger partial charge in [0.2, 0.25) is 0 Å². The van der Waals surface area contributed by atoms with Crippen LogP contribution in [0.5, 0.6) is 0 Å². The summed E-state index contributed by atoms with van der Waals surface area (Å²) in [7, 11) is 0. The fraction of sp³-hybridized carbons (Fsp3) is 0.733. The molecular formula is C15H26N2OS. The summed E-state index contributed by atoms with van der Waals surface area (Å²) in [6.07, 6.45) is 4.39. The average molecular weight is 282 g/mol. The summed E-state index contributed by atoms with van der Waals surface area (Å²) in [5, 5.41) is 0. The summed E-state index contributed by atoms with van der Waals surface area (Å²) in [6.45, 7) is 9.12. The third-order valence-corrected chi connectivity index (χ3v) is 4.26. The number of furan rings is 1. The fourth-order valence-electron chi connectivity index (χ4n) is 2.50. The van der Waals surface area contributed by atoms with Crippen molar-refractivity contribution >= 4 is 11.8 Å². The Balaban J connectivity index is 1.72. The van der Waals surface area contributed by atoms with Gasteiger partial charge in [0, 0.05) is 44.9 Å². The van der Waals surface area contributed by atoms with Crippen molar-refractivity contribution in [2.24, 2.45) is 0 Å². The van der Waals surface area contributed by atoms with E-state index in [1.54, 1.807) is 0 Å². The molecule has 0 saturated carbocycles. The molecule has 0 unspecified atom stereocenters. The lowest BCUT2D eigenvalue weighted by atomic mass is 10.3. The first kappa shape index (κ1) is 14.9. The van der Waals surface area contributed by atoms with Gasteiger partial charge < -0.3 is 4.42 Å². The monoisotopic (exact) mass is 282 g/mol. The lowest BCUT2D eigenvalue weighted by Crippen LogP contribution is -2.46. The molecule has 0 radical (unpaired) electrons. The zero-order valence-corrected chi connectivity index (χ0v) is 13.0. The van der Waals surface area contributed by atoms with E-state index < -0.39 is 0 Å². The molecule has 1 saturated heterocycles. The Labute approximate surface area is 121 Å². The Hall–Kier alpha value is -0.450. The van der Waals surface area contributed by atoms with Gasteiger partial charge in [-0.15, -0.1) is 0 Å². The van der Waals surface area contributed by atoms with E-state index in [0.717, 1.165) is 44.0 Å². The number of rotatable bonds is 7. The maximum Gasteiger partial charge on any atom is 0.118 e. The number of hydrogen-bond donors (Lipinski definition) is 0. The molecule has 2 rings (SSSR count). The summed E-state index contributed by atoms with van der Waals surface area (Å²) in [6, 6.07) is 4.28. The van der Waals surface area contributed by atoms with E-state index in [9.17, 15) is 0 Å². The first-order valence-electron chi connectivity index (χ1n) is 7.33. The quantitative estimate of drug-likeness (QED) is 0.765. The zero-order valence-electron chi connectivity index (χ0n) is 12.2. The summed E-state index contributed by atoms with van der Waals surface area (Å²) in [4.78, 5) is 5.07. The second-order valence-electron chi connectivity index (χ2n) is 5.23. The number of piperazine rings is 1. The van der Waals surface area contributed by atoms with Gasteiger partial charge in [-0.25, -0.2) is 0 Å². The van der Waals surface area contributed by atoms with E-state index in [-0.39, 0.29) is 0 Å². The Morgan fingerprint density at radius 3 is 2.47 bits per heavy atom. The van der Waals surface area contributed by atoms with Gasteiger partial charge in [-0.3, -0.25) is 9.80 Å². The number of nitrogens with zero attached hydrogens (tertiary/aromatic N) is 2. The van der Waals surface area contributed by atoms with Crippen LogP contribution in [-0.4, -0.2) is 54.5 Å². The van der Waals surface area contributed by atoms with Crippen molar-refractivity contribution in [3.63, 3.8) is 0 Å². The first-order valence-corrected chi connectivity index (χ1v) is 8.72. The number of aryl methyl sites for hydroxylation is 1. The smallest absolute Gasteiger partial charge is 0.118 e. The standard InChI is InChI=1S/C15H26N2OS/c1-3-4-14-5-6-15(18-14)13-17-9-7-16(8-10-17)11-12-19-2/h5-6H,3-4,7-13H2,1-2H3. The first-order chi connectivity index (χ1) is 9.31. The molecule has 0 spiro atoms. The molecule has 0 aromatic carbocycles. The Morgan fingerprint density at radius 1 is 1.11 bits per heavy atom. The minimum Gasteiger partial charge on any atom is -0.465 e. The van der Waals surface area contributed by atoms with Gasteiger partial charge in [0.25, 0.3) is 0 Å². The van der Waals surface area contributed by atoms with Crippen molar-refractivity contribution in [3.8, 4) is 0 Å². The van der Waals surface area contributed by atoms with Crippen molar-refractivity contribution < 1.29 is 4.42 Å². The van der Waals surface area contributed by atoms with Crippen LogP contribution in [0, 0.1) is 0 Å². The van der Waals surface area contributed by atoms with Crippen LogP contribution >= 0.6 is 11.8 Å². The van der Waals surface area contributed by atoms with E-state index in [1.807, 2.05) is 11.8 Å². The lowest BCUT2D eigenvalue weighted by molar-refractivity contribution is 0.125. The van der Waals surface area contributed by atoms with E-state index >= 15 is 0 Å².